The van der Waals surface area contributed by atoms with Gasteiger partial charge in [-0.1, -0.05) is 32.6 Å². The number of amides is 1. The molecule has 3 nitrogen and oxygen atoms in total. The van der Waals surface area contributed by atoms with Crippen LogP contribution in [0.1, 0.15) is 52.9 Å². The molecule has 1 fully saturated rings. The first-order valence-electron chi connectivity index (χ1n) is 6.45. The summed E-state index contributed by atoms with van der Waals surface area (Å²) < 4.78 is 0. The van der Waals surface area contributed by atoms with Crippen LogP contribution in [0.4, 0.5) is 0 Å². The third-order valence-electron chi connectivity index (χ3n) is 3.33. The minimum atomic E-state index is -0.317. The van der Waals surface area contributed by atoms with E-state index in [0.29, 0.717) is 6.54 Å². The fraction of sp³-hybridized carbons (Fsp3) is 0.923. The molecule has 94 valence electrons. The SMILES string of the molecule is CC(CC1CCCC1)C(=O)NCC(C)(C)N. The second kappa shape index (κ2) is 5.67. The van der Waals surface area contributed by atoms with Crippen molar-refractivity contribution in [2.75, 3.05) is 6.54 Å². The fourth-order valence-corrected chi connectivity index (χ4v) is 2.34. The van der Waals surface area contributed by atoms with Gasteiger partial charge in [0.05, 0.1) is 0 Å². The highest BCUT2D eigenvalue weighted by atomic mass is 16.1. The largest absolute Gasteiger partial charge is 0.354 e. The van der Waals surface area contributed by atoms with Crippen LogP contribution < -0.4 is 11.1 Å². The number of hydrogen-bond acceptors (Lipinski definition) is 2. The monoisotopic (exact) mass is 226 g/mol. The van der Waals surface area contributed by atoms with Gasteiger partial charge in [0.25, 0.3) is 0 Å². The molecule has 1 atom stereocenters. The highest BCUT2D eigenvalue weighted by molar-refractivity contribution is 5.78. The van der Waals surface area contributed by atoms with Gasteiger partial charge in [-0.05, 0) is 26.2 Å². The molecule has 0 radical (unpaired) electrons. The third kappa shape index (κ3) is 4.97. The standard InChI is InChI=1S/C13H26N2O/c1-10(8-11-6-4-5-7-11)12(16)15-9-13(2,3)14/h10-11H,4-9,14H2,1-3H3,(H,15,16). The van der Waals surface area contributed by atoms with Crippen LogP contribution in [0, 0.1) is 11.8 Å². The van der Waals surface area contributed by atoms with E-state index in [1.54, 1.807) is 0 Å². The maximum Gasteiger partial charge on any atom is 0.222 e. The Bertz CT molecular complexity index is 227. The quantitative estimate of drug-likeness (QED) is 0.754. The summed E-state index contributed by atoms with van der Waals surface area (Å²) in [6.07, 6.45) is 6.33. The lowest BCUT2D eigenvalue weighted by atomic mass is 9.94. The Morgan fingerprint density at radius 1 is 1.44 bits per heavy atom. The first-order valence-corrected chi connectivity index (χ1v) is 6.45. The fourth-order valence-electron chi connectivity index (χ4n) is 2.34. The number of hydrogen-bond donors (Lipinski definition) is 2. The van der Waals surface area contributed by atoms with Crippen LogP contribution >= 0.6 is 0 Å². The number of carbonyl (C=O) groups is 1. The van der Waals surface area contributed by atoms with Crippen LogP contribution in [-0.2, 0) is 4.79 Å². The normalized spacial score (nSPS) is 19.8. The maximum atomic E-state index is 11.8. The Morgan fingerprint density at radius 3 is 2.50 bits per heavy atom. The zero-order valence-electron chi connectivity index (χ0n) is 10.9. The molecule has 1 rings (SSSR count). The Labute approximate surface area is 99.2 Å². The summed E-state index contributed by atoms with van der Waals surface area (Å²) in [5.41, 5.74) is 5.52. The predicted octanol–water partition coefficient (Wildman–Crippen LogP) is 2.06. The van der Waals surface area contributed by atoms with Gasteiger partial charge < -0.3 is 11.1 Å². The first kappa shape index (κ1) is 13.5. The molecule has 1 aliphatic carbocycles. The maximum absolute atomic E-state index is 11.8. The lowest BCUT2D eigenvalue weighted by Crippen LogP contribution is -2.46. The summed E-state index contributed by atoms with van der Waals surface area (Å²) in [6, 6.07) is 0. The van der Waals surface area contributed by atoms with E-state index in [2.05, 4.69) is 5.32 Å². The molecule has 0 spiro atoms. The molecule has 0 aromatic carbocycles. The lowest BCUT2D eigenvalue weighted by Gasteiger charge is -2.21. The van der Waals surface area contributed by atoms with E-state index in [0.717, 1.165) is 12.3 Å². The van der Waals surface area contributed by atoms with Gasteiger partial charge in [0.15, 0.2) is 0 Å². The van der Waals surface area contributed by atoms with Gasteiger partial charge in [-0.25, -0.2) is 0 Å². The predicted molar refractivity (Wildman–Crippen MR) is 67.0 cm³/mol. The van der Waals surface area contributed by atoms with Crippen molar-refractivity contribution in [2.24, 2.45) is 17.6 Å². The van der Waals surface area contributed by atoms with Gasteiger partial charge in [0.2, 0.25) is 5.91 Å². The third-order valence-corrected chi connectivity index (χ3v) is 3.33. The number of nitrogens with one attached hydrogen (secondary N) is 1. The molecular formula is C13H26N2O. The zero-order chi connectivity index (χ0) is 12.2. The van der Waals surface area contributed by atoms with Gasteiger partial charge in [-0.15, -0.1) is 0 Å². The molecule has 0 heterocycles. The van der Waals surface area contributed by atoms with Crippen LogP contribution in [0.15, 0.2) is 0 Å². The Morgan fingerprint density at radius 2 is 2.00 bits per heavy atom. The zero-order valence-corrected chi connectivity index (χ0v) is 10.9. The van der Waals surface area contributed by atoms with Crippen LogP contribution in [0.5, 0.6) is 0 Å². The average Bonchev–Trinajstić information content (AvgIpc) is 2.65. The summed E-state index contributed by atoms with van der Waals surface area (Å²) in [4.78, 5) is 11.8. The molecular weight excluding hydrogens is 200 g/mol. The topological polar surface area (TPSA) is 55.1 Å². The summed E-state index contributed by atoms with van der Waals surface area (Å²) in [5, 5.41) is 2.93. The molecule has 0 bridgehead atoms. The summed E-state index contributed by atoms with van der Waals surface area (Å²) in [6.45, 7) is 6.43. The molecule has 0 aromatic rings. The summed E-state index contributed by atoms with van der Waals surface area (Å²) >= 11 is 0. The van der Waals surface area contributed by atoms with Gasteiger partial charge in [0, 0.05) is 18.0 Å². The van der Waals surface area contributed by atoms with E-state index in [1.807, 2.05) is 20.8 Å². The van der Waals surface area contributed by atoms with E-state index >= 15 is 0 Å². The summed E-state index contributed by atoms with van der Waals surface area (Å²) in [5.74, 6) is 1.06. The first-order chi connectivity index (χ1) is 7.38. The lowest BCUT2D eigenvalue weighted by molar-refractivity contribution is -0.125. The van der Waals surface area contributed by atoms with Crippen molar-refractivity contribution in [2.45, 2.75) is 58.4 Å². The van der Waals surface area contributed by atoms with Gasteiger partial charge in [0.1, 0.15) is 0 Å². The van der Waals surface area contributed by atoms with Crippen LogP contribution in [0.3, 0.4) is 0 Å². The van der Waals surface area contributed by atoms with E-state index in [9.17, 15) is 4.79 Å². The number of nitrogens with two attached hydrogens (primary N) is 1. The molecule has 16 heavy (non-hydrogen) atoms. The van der Waals surface area contributed by atoms with Crippen molar-refractivity contribution < 1.29 is 4.79 Å². The van der Waals surface area contributed by atoms with Crippen LogP contribution in [0.2, 0.25) is 0 Å². The van der Waals surface area contributed by atoms with Crippen molar-refractivity contribution in [1.82, 2.24) is 5.32 Å². The smallest absolute Gasteiger partial charge is 0.222 e. The van der Waals surface area contributed by atoms with Crippen LogP contribution in [-0.4, -0.2) is 18.0 Å². The van der Waals surface area contributed by atoms with Crippen molar-refractivity contribution in [3.8, 4) is 0 Å². The molecule has 1 unspecified atom stereocenters. The molecule has 0 aromatic heterocycles. The highest BCUT2D eigenvalue weighted by Crippen LogP contribution is 2.30. The van der Waals surface area contributed by atoms with E-state index in [-0.39, 0.29) is 17.4 Å². The molecule has 3 N–H and O–H groups in total. The molecule has 0 saturated heterocycles. The Hall–Kier alpha value is -0.570. The van der Waals surface area contributed by atoms with Crippen molar-refractivity contribution >= 4 is 5.91 Å². The minimum absolute atomic E-state index is 0.130. The highest BCUT2D eigenvalue weighted by Gasteiger charge is 2.22. The molecule has 1 saturated carbocycles. The van der Waals surface area contributed by atoms with Crippen molar-refractivity contribution in [1.29, 1.82) is 0 Å². The summed E-state index contributed by atoms with van der Waals surface area (Å²) in [7, 11) is 0. The van der Waals surface area contributed by atoms with E-state index in [4.69, 9.17) is 5.73 Å². The van der Waals surface area contributed by atoms with E-state index < -0.39 is 0 Å². The Balaban J connectivity index is 2.24. The van der Waals surface area contributed by atoms with Gasteiger partial charge >= 0.3 is 0 Å². The van der Waals surface area contributed by atoms with Crippen molar-refractivity contribution in [3.05, 3.63) is 0 Å². The van der Waals surface area contributed by atoms with Gasteiger partial charge in [-0.3, -0.25) is 4.79 Å². The second-order valence-electron chi connectivity index (χ2n) is 5.99. The minimum Gasteiger partial charge on any atom is -0.354 e. The van der Waals surface area contributed by atoms with Crippen molar-refractivity contribution in [3.63, 3.8) is 0 Å². The van der Waals surface area contributed by atoms with Gasteiger partial charge in [-0.2, -0.15) is 0 Å². The molecule has 0 aliphatic heterocycles. The average molecular weight is 226 g/mol. The van der Waals surface area contributed by atoms with E-state index in [1.165, 1.54) is 25.7 Å². The number of carbonyl (C=O) groups excluding carboxylic acids is 1. The second-order valence-corrected chi connectivity index (χ2v) is 5.99. The molecule has 1 amide bonds. The Kier molecular flexibility index (Phi) is 4.78. The van der Waals surface area contributed by atoms with Crippen LogP contribution in [0.25, 0.3) is 0 Å². The molecule has 1 aliphatic rings. The molecule has 3 heteroatoms. The number of rotatable bonds is 5.